The minimum Gasteiger partial charge on any atom is -0.353 e. The summed E-state index contributed by atoms with van der Waals surface area (Å²) in [6, 6.07) is 14.7. The number of aryl methyl sites for hydroxylation is 2. The van der Waals surface area contributed by atoms with E-state index in [1.165, 1.54) is 5.56 Å². The Labute approximate surface area is 211 Å². The number of fused-ring (bicyclic) bond motifs is 1. The number of rotatable bonds is 4. The van der Waals surface area contributed by atoms with Gasteiger partial charge in [-0.1, -0.05) is 54.4 Å². The molecular formula is C28H31Cl2N3O. The Morgan fingerprint density at radius 2 is 1.85 bits per heavy atom. The highest BCUT2D eigenvalue weighted by molar-refractivity contribution is 6.31. The van der Waals surface area contributed by atoms with Gasteiger partial charge in [0.1, 0.15) is 0 Å². The van der Waals surface area contributed by atoms with Gasteiger partial charge in [-0.25, -0.2) is 0 Å². The zero-order chi connectivity index (χ0) is 24.2. The standard InChI is InChI=1S/C28H31Cl2N3O/c1-5-28-13-12-22(21-11-8-19(14-23(21)30)24-15(2)32-33-16(24)3)25(18-6-9-20(29)10-7-18)26(28)17(4)31-27(28)34/h6-11,14,17,22,25-26H,5,12-13H2,1-4H3,(H,31,34)(H,32,33)/t17-,22+,25+,26+,28-/m1/s1. The van der Waals surface area contributed by atoms with Crippen molar-refractivity contribution in [2.24, 2.45) is 11.3 Å². The number of carbonyl (C=O) groups excluding carboxylic acids is 1. The van der Waals surface area contributed by atoms with Crippen LogP contribution in [0, 0.1) is 25.2 Å². The molecule has 34 heavy (non-hydrogen) atoms. The minimum atomic E-state index is -0.336. The number of nitrogens with zero attached hydrogens (tertiary/aromatic N) is 1. The molecule has 4 nitrogen and oxygen atoms in total. The van der Waals surface area contributed by atoms with Crippen LogP contribution in [0.3, 0.4) is 0 Å². The normalized spacial score (nSPS) is 28.6. The smallest absolute Gasteiger partial charge is 0.226 e. The van der Waals surface area contributed by atoms with Crippen LogP contribution in [-0.2, 0) is 4.79 Å². The second-order valence-electron chi connectivity index (χ2n) is 10.1. The summed E-state index contributed by atoms with van der Waals surface area (Å²) in [6.45, 7) is 8.35. The summed E-state index contributed by atoms with van der Waals surface area (Å²) in [6.07, 6.45) is 2.63. The molecule has 1 amide bonds. The topological polar surface area (TPSA) is 57.8 Å². The number of aromatic amines is 1. The molecule has 6 heteroatoms. The lowest BCUT2D eigenvalue weighted by atomic mass is 9.54. The van der Waals surface area contributed by atoms with Gasteiger partial charge in [0.25, 0.3) is 0 Å². The molecule has 1 aliphatic carbocycles. The van der Waals surface area contributed by atoms with Crippen molar-refractivity contribution in [2.45, 2.75) is 64.8 Å². The van der Waals surface area contributed by atoms with E-state index in [1.54, 1.807) is 0 Å². The lowest BCUT2D eigenvalue weighted by Gasteiger charge is -2.47. The number of amides is 1. The average molecular weight is 496 g/mol. The van der Waals surface area contributed by atoms with Crippen molar-refractivity contribution in [1.82, 2.24) is 15.5 Å². The van der Waals surface area contributed by atoms with Crippen LogP contribution in [0.5, 0.6) is 0 Å². The van der Waals surface area contributed by atoms with Gasteiger partial charge in [-0.05, 0) is 86.8 Å². The van der Waals surface area contributed by atoms with E-state index in [0.29, 0.717) is 0 Å². The number of carbonyl (C=O) groups is 1. The Kier molecular flexibility index (Phi) is 6.02. The maximum atomic E-state index is 13.2. The highest BCUT2D eigenvalue weighted by Gasteiger charge is 2.59. The highest BCUT2D eigenvalue weighted by Crippen LogP contribution is 2.60. The molecule has 1 aromatic heterocycles. The van der Waals surface area contributed by atoms with E-state index in [2.05, 4.69) is 59.7 Å². The fraction of sp³-hybridized carbons (Fsp3) is 0.429. The van der Waals surface area contributed by atoms with E-state index < -0.39 is 0 Å². The highest BCUT2D eigenvalue weighted by atomic mass is 35.5. The van der Waals surface area contributed by atoms with Crippen LogP contribution in [0.1, 0.15) is 67.5 Å². The minimum absolute atomic E-state index is 0.102. The zero-order valence-corrected chi connectivity index (χ0v) is 21.6. The first-order valence-electron chi connectivity index (χ1n) is 12.1. The monoisotopic (exact) mass is 495 g/mol. The zero-order valence-electron chi connectivity index (χ0n) is 20.1. The summed E-state index contributed by atoms with van der Waals surface area (Å²) < 4.78 is 0. The van der Waals surface area contributed by atoms with Crippen LogP contribution >= 0.6 is 23.2 Å². The van der Waals surface area contributed by atoms with Crippen LogP contribution in [-0.4, -0.2) is 22.1 Å². The first kappa shape index (κ1) is 23.4. The van der Waals surface area contributed by atoms with E-state index in [-0.39, 0.29) is 35.1 Å². The summed E-state index contributed by atoms with van der Waals surface area (Å²) in [4.78, 5) is 13.2. The van der Waals surface area contributed by atoms with Gasteiger partial charge in [-0.15, -0.1) is 0 Å². The quantitative estimate of drug-likeness (QED) is 0.402. The molecule has 2 heterocycles. The Hall–Kier alpha value is -2.30. The predicted octanol–water partition coefficient (Wildman–Crippen LogP) is 7.19. The lowest BCUT2D eigenvalue weighted by molar-refractivity contribution is -0.131. The van der Waals surface area contributed by atoms with E-state index in [0.717, 1.165) is 57.4 Å². The van der Waals surface area contributed by atoms with Crippen molar-refractivity contribution >= 4 is 29.1 Å². The Bertz CT molecular complexity index is 1220. The fourth-order valence-electron chi connectivity index (χ4n) is 6.85. The first-order valence-corrected chi connectivity index (χ1v) is 12.9. The van der Waals surface area contributed by atoms with E-state index in [4.69, 9.17) is 23.2 Å². The molecule has 2 fully saturated rings. The molecule has 0 bridgehead atoms. The molecular weight excluding hydrogens is 465 g/mol. The van der Waals surface area contributed by atoms with Gasteiger partial charge in [0.05, 0.1) is 11.1 Å². The third kappa shape index (κ3) is 3.58. The number of aromatic nitrogens is 2. The molecule has 1 aliphatic heterocycles. The third-order valence-corrected chi connectivity index (χ3v) is 8.99. The van der Waals surface area contributed by atoms with Gasteiger partial charge in [0, 0.05) is 33.3 Å². The van der Waals surface area contributed by atoms with Crippen molar-refractivity contribution in [3.05, 3.63) is 75.0 Å². The summed E-state index contributed by atoms with van der Waals surface area (Å²) in [5.74, 6) is 0.783. The molecule has 0 radical (unpaired) electrons. The number of hydrogen-bond acceptors (Lipinski definition) is 2. The van der Waals surface area contributed by atoms with Crippen LogP contribution in [0.2, 0.25) is 10.0 Å². The largest absolute Gasteiger partial charge is 0.353 e. The van der Waals surface area contributed by atoms with E-state index >= 15 is 0 Å². The molecule has 0 spiro atoms. The maximum absolute atomic E-state index is 13.2. The number of hydrogen-bond donors (Lipinski definition) is 2. The fourth-order valence-corrected chi connectivity index (χ4v) is 7.30. The van der Waals surface area contributed by atoms with Crippen molar-refractivity contribution < 1.29 is 4.79 Å². The van der Waals surface area contributed by atoms with Crippen LogP contribution in [0.15, 0.2) is 42.5 Å². The first-order chi connectivity index (χ1) is 16.3. The van der Waals surface area contributed by atoms with Gasteiger partial charge in [0.2, 0.25) is 5.91 Å². The molecule has 178 valence electrons. The van der Waals surface area contributed by atoms with Crippen LogP contribution < -0.4 is 5.32 Å². The van der Waals surface area contributed by atoms with Gasteiger partial charge in [-0.3, -0.25) is 9.89 Å². The maximum Gasteiger partial charge on any atom is 0.226 e. The van der Waals surface area contributed by atoms with E-state index in [1.807, 2.05) is 26.0 Å². The van der Waals surface area contributed by atoms with Crippen molar-refractivity contribution in [1.29, 1.82) is 0 Å². The SMILES string of the molecule is CC[C@@]12CC[C@@H](c3ccc(-c4c(C)n[nH]c4C)cc3Cl)[C@H](c3ccc(Cl)cc3)[C@@H]1[C@@H](C)NC2=O. The molecule has 2 aliphatic rings. The summed E-state index contributed by atoms with van der Waals surface area (Å²) in [7, 11) is 0. The van der Waals surface area contributed by atoms with E-state index in [9.17, 15) is 4.79 Å². The second-order valence-corrected chi connectivity index (χ2v) is 10.9. The van der Waals surface area contributed by atoms with Crippen molar-refractivity contribution in [2.75, 3.05) is 0 Å². The van der Waals surface area contributed by atoms with Crippen LogP contribution in [0.25, 0.3) is 11.1 Å². The molecule has 2 N–H and O–H groups in total. The van der Waals surface area contributed by atoms with Gasteiger partial charge < -0.3 is 5.32 Å². The van der Waals surface area contributed by atoms with Crippen molar-refractivity contribution in [3.8, 4) is 11.1 Å². The number of halogens is 2. The molecule has 3 aromatic rings. The molecule has 5 atom stereocenters. The number of benzene rings is 2. The molecule has 2 aromatic carbocycles. The number of H-pyrrole nitrogens is 1. The van der Waals surface area contributed by atoms with Crippen LogP contribution in [0.4, 0.5) is 0 Å². The van der Waals surface area contributed by atoms with Crippen molar-refractivity contribution in [3.63, 3.8) is 0 Å². The molecule has 5 rings (SSSR count). The third-order valence-electron chi connectivity index (χ3n) is 8.41. The second kappa shape index (κ2) is 8.73. The average Bonchev–Trinajstić information content (AvgIpc) is 3.29. The Morgan fingerprint density at radius 3 is 2.47 bits per heavy atom. The summed E-state index contributed by atoms with van der Waals surface area (Å²) in [5.41, 5.74) is 6.23. The number of nitrogens with one attached hydrogen (secondary N) is 2. The van der Waals surface area contributed by atoms with Gasteiger partial charge in [-0.2, -0.15) is 5.10 Å². The molecule has 1 saturated heterocycles. The molecule has 0 unspecified atom stereocenters. The Balaban J connectivity index is 1.62. The summed E-state index contributed by atoms with van der Waals surface area (Å²) >= 11 is 13.2. The molecule has 1 saturated carbocycles. The predicted molar refractivity (Wildman–Crippen MR) is 138 cm³/mol. The summed E-state index contributed by atoms with van der Waals surface area (Å²) in [5, 5.41) is 12.2. The lowest BCUT2D eigenvalue weighted by Crippen LogP contribution is -2.43. The van der Waals surface area contributed by atoms with Gasteiger partial charge >= 0.3 is 0 Å². The Morgan fingerprint density at radius 1 is 1.12 bits per heavy atom. The van der Waals surface area contributed by atoms with Gasteiger partial charge in [0.15, 0.2) is 0 Å².